The predicted octanol–water partition coefficient (Wildman–Crippen LogP) is 4.57. The average Bonchev–Trinajstić information content (AvgIpc) is 2.76. The normalized spacial score (nSPS) is 17.5. The number of rotatable bonds is 3. The molecule has 1 N–H and O–H groups in total. The van der Waals surface area contributed by atoms with Gasteiger partial charge in [0.2, 0.25) is 0 Å². The molecule has 2 aliphatic rings. The number of ketones is 1. The summed E-state index contributed by atoms with van der Waals surface area (Å²) in [6, 6.07) is 6.21. The molecule has 0 bridgehead atoms. The first kappa shape index (κ1) is 22.2. The number of Topliss-reactive ketones (excluding diaryl/α,β-unsaturated/α-hetero) is 1. The van der Waals surface area contributed by atoms with Gasteiger partial charge in [0.1, 0.15) is 17.5 Å². The van der Waals surface area contributed by atoms with E-state index in [0.29, 0.717) is 43.6 Å². The van der Waals surface area contributed by atoms with Gasteiger partial charge in [-0.1, -0.05) is 0 Å². The summed E-state index contributed by atoms with van der Waals surface area (Å²) in [5.74, 6) is -1.82. The van der Waals surface area contributed by atoms with Crippen LogP contribution in [0.2, 0.25) is 0 Å². The van der Waals surface area contributed by atoms with Gasteiger partial charge in [-0.15, -0.1) is 0 Å². The molecule has 1 spiro atoms. The van der Waals surface area contributed by atoms with Crippen LogP contribution < -0.4 is 10.2 Å². The summed E-state index contributed by atoms with van der Waals surface area (Å²) in [6.07, 6.45) is 1.48. The van der Waals surface area contributed by atoms with Gasteiger partial charge in [0, 0.05) is 55.5 Å². The summed E-state index contributed by atoms with van der Waals surface area (Å²) < 4.78 is 41.1. The second-order valence-electron chi connectivity index (χ2n) is 8.57. The summed E-state index contributed by atoms with van der Waals surface area (Å²) in [7, 11) is 0. The molecule has 2 heterocycles. The van der Waals surface area contributed by atoms with Crippen LogP contribution in [-0.4, -0.2) is 41.9 Å². The molecule has 4 rings (SSSR count). The van der Waals surface area contributed by atoms with E-state index in [9.17, 15) is 22.8 Å². The summed E-state index contributed by atoms with van der Waals surface area (Å²) in [5, 5.41) is 2.71. The van der Waals surface area contributed by atoms with Crippen molar-refractivity contribution >= 4 is 17.5 Å². The van der Waals surface area contributed by atoms with Crippen LogP contribution in [0.15, 0.2) is 30.3 Å². The highest BCUT2D eigenvalue weighted by molar-refractivity contribution is 6.04. The smallest absolute Gasteiger partial charge is 0.317 e. The Morgan fingerprint density at radius 3 is 2.50 bits per heavy atom. The third-order valence-corrected chi connectivity index (χ3v) is 6.67. The number of fused-ring (bicyclic) bond motifs is 1. The van der Waals surface area contributed by atoms with Gasteiger partial charge in [-0.25, -0.2) is 18.0 Å². The van der Waals surface area contributed by atoms with Gasteiger partial charge in [-0.3, -0.25) is 4.79 Å². The van der Waals surface area contributed by atoms with Gasteiger partial charge < -0.3 is 15.1 Å². The molecule has 2 aliphatic heterocycles. The summed E-state index contributed by atoms with van der Waals surface area (Å²) in [6.45, 7) is 5.06. The first-order valence-electron chi connectivity index (χ1n) is 10.8. The molecular weight excluding hydrogens is 419 g/mol. The number of hydrogen-bond acceptors (Lipinski definition) is 3. The third kappa shape index (κ3) is 3.94. The maximum atomic E-state index is 14.0. The van der Waals surface area contributed by atoms with Gasteiger partial charge in [0.05, 0.1) is 5.54 Å². The van der Waals surface area contributed by atoms with E-state index in [1.54, 1.807) is 17.9 Å². The van der Waals surface area contributed by atoms with Crippen molar-refractivity contribution in [2.24, 2.45) is 0 Å². The zero-order valence-corrected chi connectivity index (χ0v) is 18.2. The number of benzene rings is 2. The van der Waals surface area contributed by atoms with Crippen molar-refractivity contribution in [1.29, 1.82) is 0 Å². The van der Waals surface area contributed by atoms with Crippen molar-refractivity contribution in [1.82, 2.24) is 10.2 Å². The van der Waals surface area contributed by atoms with Gasteiger partial charge in [-0.05, 0) is 56.5 Å². The van der Waals surface area contributed by atoms with Crippen molar-refractivity contribution in [2.45, 2.75) is 45.2 Å². The monoisotopic (exact) mass is 445 g/mol. The van der Waals surface area contributed by atoms with Crippen molar-refractivity contribution in [3.63, 3.8) is 0 Å². The van der Waals surface area contributed by atoms with Gasteiger partial charge in [-0.2, -0.15) is 0 Å². The SMILES string of the molecule is CCN1c2ccc(F)cc2C(=O)CC12CCN(C(=O)NCc1cc(C)c(F)cc1F)CC2. The fraction of sp³-hybridized carbons (Fsp3) is 0.417. The number of nitrogens with one attached hydrogen (secondary N) is 1. The number of carbonyl (C=O) groups is 2. The minimum Gasteiger partial charge on any atom is -0.365 e. The Morgan fingerprint density at radius 2 is 1.81 bits per heavy atom. The number of anilines is 1. The van der Waals surface area contributed by atoms with Gasteiger partial charge >= 0.3 is 6.03 Å². The van der Waals surface area contributed by atoms with Crippen LogP contribution in [0.3, 0.4) is 0 Å². The number of halogens is 3. The van der Waals surface area contributed by atoms with E-state index in [-0.39, 0.29) is 30.3 Å². The number of nitrogens with zero attached hydrogens (tertiary/aromatic N) is 2. The maximum Gasteiger partial charge on any atom is 0.317 e. The van der Waals surface area contributed by atoms with Crippen LogP contribution in [-0.2, 0) is 6.54 Å². The number of aryl methyl sites for hydroxylation is 1. The van der Waals surface area contributed by atoms with E-state index in [1.807, 2.05) is 6.92 Å². The molecule has 1 fully saturated rings. The molecule has 2 aromatic rings. The van der Waals surface area contributed by atoms with E-state index >= 15 is 0 Å². The second-order valence-corrected chi connectivity index (χ2v) is 8.57. The minimum absolute atomic E-state index is 0.0358. The van der Waals surface area contributed by atoms with Crippen LogP contribution in [0, 0.1) is 24.4 Å². The van der Waals surface area contributed by atoms with Crippen LogP contribution in [0.1, 0.15) is 47.7 Å². The minimum atomic E-state index is -0.694. The number of hydrogen-bond donors (Lipinski definition) is 1. The lowest BCUT2D eigenvalue weighted by Gasteiger charge is -2.52. The third-order valence-electron chi connectivity index (χ3n) is 6.67. The molecule has 0 unspecified atom stereocenters. The molecule has 5 nitrogen and oxygen atoms in total. The lowest BCUT2D eigenvalue weighted by Crippen LogP contribution is -2.60. The molecular formula is C24H26F3N3O2. The van der Waals surface area contributed by atoms with E-state index in [2.05, 4.69) is 10.2 Å². The fourth-order valence-electron chi connectivity index (χ4n) is 4.93. The fourth-order valence-corrected chi connectivity index (χ4v) is 4.93. The lowest BCUT2D eigenvalue weighted by atomic mass is 9.76. The first-order valence-corrected chi connectivity index (χ1v) is 10.8. The molecule has 0 radical (unpaired) electrons. The van der Waals surface area contributed by atoms with Crippen LogP contribution >= 0.6 is 0 Å². The van der Waals surface area contributed by atoms with Crippen molar-refractivity contribution in [3.05, 3.63) is 64.5 Å². The largest absolute Gasteiger partial charge is 0.365 e. The standard InChI is InChI=1S/C24H26F3N3O2/c1-3-30-21-5-4-17(25)11-18(21)22(31)13-24(30)6-8-29(9-7-24)23(32)28-14-16-10-15(2)19(26)12-20(16)27/h4-5,10-12H,3,6-9,13-14H2,1-2H3,(H,28,32). The summed E-state index contributed by atoms with van der Waals surface area (Å²) in [4.78, 5) is 29.2. The Hall–Kier alpha value is -3.03. The van der Waals surface area contributed by atoms with Crippen molar-refractivity contribution in [2.75, 3.05) is 24.5 Å². The van der Waals surface area contributed by atoms with E-state index < -0.39 is 23.0 Å². The van der Waals surface area contributed by atoms with E-state index in [1.165, 1.54) is 18.2 Å². The Morgan fingerprint density at radius 1 is 1.09 bits per heavy atom. The Bertz CT molecular complexity index is 1060. The number of amides is 2. The number of carbonyl (C=O) groups excluding carboxylic acids is 2. The lowest BCUT2D eigenvalue weighted by molar-refractivity contribution is 0.0885. The highest BCUT2D eigenvalue weighted by atomic mass is 19.1. The maximum absolute atomic E-state index is 14.0. The van der Waals surface area contributed by atoms with Crippen molar-refractivity contribution in [3.8, 4) is 0 Å². The average molecular weight is 445 g/mol. The van der Waals surface area contributed by atoms with Gasteiger partial charge in [0.25, 0.3) is 0 Å². The number of likely N-dealkylation sites (tertiary alicyclic amines) is 1. The van der Waals surface area contributed by atoms with Crippen LogP contribution in [0.25, 0.3) is 0 Å². The van der Waals surface area contributed by atoms with Gasteiger partial charge in [0.15, 0.2) is 5.78 Å². The van der Waals surface area contributed by atoms with E-state index in [4.69, 9.17) is 0 Å². The Labute approximate surface area is 185 Å². The molecule has 2 aromatic carbocycles. The second kappa shape index (κ2) is 8.48. The van der Waals surface area contributed by atoms with Crippen LogP contribution in [0.5, 0.6) is 0 Å². The van der Waals surface area contributed by atoms with Crippen LogP contribution in [0.4, 0.5) is 23.7 Å². The van der Waals surface area contributed by atoms with Crippen molar-refractivity contribution < 1.29 is 22.8 Å². The number of piperidine rings is 1. The molecule has 0 aliphatic carbocycles. The highest BCUT2D eigenvalue weighted by Crippen LogP contribution is 2.42. The summed E-state index contributed by atoms with van der Waals surface area (Å²) in [5.41, 5.74) is 1.29. The molecule has 0 saturated carbocycles. The number of urea groups is 1. The molecule has 0 atom stereocenters. The Kier molecular flexibility index (Phi) is 5.88. The quantitative estimate of drug-likeness (QED) is 0.753. The zero-order valence-electron chi connectivity index (χ0n) is 18.2. The molecule has 8 heteroatoms. The highest BCUT2D eigenvalue weighted by Gasteiger charge is 2.46. The molecule has 2 amide bonds. The first-order chi connectivity index (χ1) is 15.2. The topological polar surface area (TPSA) is 52.7 Å². The van der Waals surface area contributed by atoms with E-state index in [0.717, 1.165) is 11.8 Å². The predicted molar refractivity (Wildman–Crippen MR) is 115 cm³/mol. The molecule has 1 saturated heterocycles. The molecule has 170 valence electrons. The molecule has 32 heavy (non-hydrogen) atoms. The summed E-state index contributed by atoms with van der Waals surface area (Å²) >= 11 is 0. The Balaban J connectivity index is 1.43. The molecule has 0 aromatic heterocycles. The zero-order chi connectivity index (χ0) is 23.0.